The number of aromatic amines is 1. The van der Waals surface area contributed by atoms with E-state index in [1.165, 1.54) is 0 Å². The number of aromatic nitrogens is 4. The third-order valence-electron chi connectivity index (χ3n) is 3.07. The van der Waals surface area contributed by atoms with Gasteiger partial charge in [-0.2, -0.15) is 0 Å². The van der Waals surface area contributed by atoms with Crippen molar-refractivity contribution >= 4 is 11.2 Å². The largest absolute Gasteiger partial charge is 0.379 e. The first kappa shape index (κ1) is 10.6. The molecule has 0 atom stereocenters. The second kappa shape index (κ2) is 4.77. The maximum Gasteiger partial charge on any atom is 0.180 e. The maximum atomic E-state index is 5.33. The van der Waals surface area contributed by atoms with E-state index in [-0.39, 0.29) is 0 Å². The number of nitrogens with one attached hydrogen (secondary N) is 1. The molecule has 1 aliphatic heterocycles. The van der Waals surface area contributed by atoms with Gasteiger partial charge in [0.15, 0.2) is 5.65 Å². The molecule has 0 spiro atoms. The molecule has 6 heteroatoms. The zero-order valence-corrected chi connectivity index (χ0v) is 9.59. The molecule has 0 bridgehead atoms. The van der Waals surface area contributed by atoms with E-state index in [2.05, 4.69) is 24.8 Å². The number of morpholine rings is 1. The van der Waals surface area contributed by atoms with Gasteiger partial charge in [0.25, 0.3) is 0 Å². The molecule has 3 rings (SSSR count). The molecule has 1 saturated heterocycles. The first-order chi connectivity index (χ1) is 8.43. The highest BCUT2D eigenvalue weighted by Gasteiger charge is 2.12. The molecule has 3 heterocycles. The first-order valence-electron chi connectivity index (χ1n) is 5.86. The molecule has 1 aliphatic rings. The fourth-order valence-corrected chi connectivity index (χ4v) is 2.09. The van der Waals surface area contributed by atoms with Crippen LogP contribution in [0.4, 0.5) is 0 Å². The van der Waals surface area contributed by atoms with Gasteiger partial charge in [-0.3, -0.25) is 4.90 Å². The van der Waals surface area contributed by atoms with Gasteiger partial charge in [-0.1, -0.05) is 0 Å². The van der Waals surface area contributed by atoms with E-state index in [9.17, 15) is 0 Å². The number of ether oxygens (including phenoxy) is 1. The summed E-state index contributed by atoms with van der Waals surface area (Å²) in [4.78, 5) is 18.1. The predicted octanol–water partition coefficient (Wildman–Crippen LogP) is 0.228. The number of hydrogen-bond acceptors (Lipinski definition) is 5. The average molecular weight is 233 g/mol. The Morgan fingerprint density at radius 1 is 1.24 bits per heavy atom. The monoisotopic (exact) mass is 233 g/mol. The zero-order chi connectivity index (χ0) is 11.5. The quantitative estimate of drug-likeness (QED) is 0.822. The molecular weight excluding hydrogens is 218 g/mol. The van der Waals surface area contributed by atoms with Crippen molar-refractivity contribution in [2.45, 2.75) is 6.42 Å². The fraction of sp³-hybridized carbons (Fsp3) is 0.545. The Kier molecular flexibility index (Phi) is 2.98. The highest BCUT2D eigenvalue weighted by atomic mass is 16.5. The van der Waals surface area contributed by atoms with Gasteiger partial charge in [0.1, 0.15) is 11.8 Å². The smallest absolute Gasteiger partial charge is 0.180 e. The summed E-state index contributed by atoms with van der Waals surface area (Å²) < 4.78 is 5.33. The average Bonchev–Trinajstić information content (AvgIpc) is 2.86. The summed E-state index contributed by atoms with van der Waals surface area (Å²) in [7, 11) is 0. The van der Waals surface area contributed by atoms with Crippen LogP contribution < -0.4 is 0 Å². The zero-order valence-electron chi connectivity index (χ0n) is 9.59. The second-order valence-electron chi connectivity index (χ2n) is 4.13. The van der Waals surface area contributed by atoms with Crippen molar-refractivity contribution in [2.75, 3.05) is 32.8 Å². The fourth-order valence-electron chi connectivity index (χ4n) is 2.09. The minimum Gasteiger partial charge on any atom is -0.379 e. The lowest BCUT2D eigenvalue weighted by atomic mass is 10.2. The number of hydrogen-bond donors (Lipinski definition) is 1. The number of H-pyrrole nitrogens is 1. The number of imidazole rings is 1. The molecule has 2 aromatic rings. The van der Waals surface area contributed by atoms with Gasteiger partial charge in [-0.15, -0.1) is 0 Å². The van der Waals surface area contributed by atoms with E-state index >= 15 is 0 Å². The molecule has 90 valence electrons. The van der Waals surface area contributed by atoms with Crippen LogP contribution in [0.3, 0.4) is 0 Å². The Morgan fingerprint density at radius 2 is 2.12 bits per heavy atom. The number of rotatable bonds is 3. The summed E-state index contributed by atoms with van der Waals surface area (Å²) in [5.41, 5.74) is 2.75. The number of nitrogens with zero attached hydrogens (tertiary/aromatic N) is 4. The molecule has 1 N–H and O–H groups in total. The summed E-state index contributed by atoms with van der Waals surface area (Å²) in [6, 6.07) is 0. The van der Waals surface area contributed by atoms with Crippen molar-refractivity contribution in [3.8, 4) is 0 Å². The van der Waals surface area contributed by atoms with Crippen LogP contribution in [-0.2, 0) is 11.2 Å². The molecule has 0 amide bonds. The van der Waals surface area contributed by atoms with Crippen molar-refractivity contribution in [1.82, 2.24) is 24.8 Å². The van der Waals surface area contributed by atoms with E-state index in [0.717, 1.165) is 56.1 Å². The van der Waals surface area contributed by atoms with Gasteiger partial charge in [0.2, 0.25) is 0 Å². The summed E-state index contributed by atoms with van der Waals surface area (Å²) in [6.07, 6.45) is 4.16. The highest BCUT2D eigenvalue weighted by molar-refractivity contribution is 5.71. The third kappa shape index (κ3) is 2.27. The molecule has 6 nitrogen and oxygen atoms in total. The Morgan fingerprint density at radius 3 is 3.00 bits per heavy atom. The van der Waals surface area contributed by atoms with E-state index in [1.54, 1.807) is 12.7 Å². The molecule has 0 aliphatic carbocycles. The molecule has 17 heavy (non-hydrogen) atoms. The molecule has 0 radical (unpaired) electrons. The summed E-state index contributed by atoms with van der Waals surface area (Å²) in [6.45, 7) is 4.70. The summed E-state index contributed by atoms with van der Waals surface area (Å²) in [5, 5.41) is 0. The minimum atomic E-state index is 0.747. The van der Waals surface area contributed by atoms with Crippen LogP contribution in [0.1, 0.15) is 5.69 Å². The maximum absolute atomic E-state index is 5.33. The Hall–Kier alpha value is -1.53. The molecule has 2 aromatic heterocycles. The third-order valence-corrected chi connectivity index (χ3v) is 3.07. The standard InChI is InChI=1S/C11H15N5O/c1(2-16-3-5-17-6-4-16)9-10-11(14-7-12-9)15-8-13-10/h7-8H,1-6H2,(H,12,13,14,15). The molecular formula is C11H15N5O. The van der Waals surface area contributed by atoms with E-state index in [0.29, 0.717) is 0 Å². The van der Waals surface area contributed by atoms with Crippen molar-refractivity contribution in [3.63, 3.8) is 0 Å². The normalized spacial score (nSPS) is 17.6. The van der Waals surface area contributed by atoms with Gasteiger partial charge < -0.3 is 9.72 Å². The Balaban J connectivity index is 1.69. The van der Waals surface area contributed by atoms with Crippen LogP contribution in [0.15, 0.2) is 12.7 Å². The van der Waals surface area contributed by atoms with Crippen LogP contribution in [0.2, 0.25) is 0 Å². The lowest BCUT2D eigenvalue weighted by Gasteiger charge is -2.26. The summed E-state index contributed by atoms with van der Waals surface area (Å²) >= 11 is 0. The van der Waals surface area contributed by atoms with Crippen molar-refractivity contribution in [3.05, 3.63) is 18.3 Å². The van der Waals surface area contributed by atoms with Gasteiger partial charge in [0.05, 0.1) is 25.2 Å². The number of fused-ring (bicyclic) bond motifs is 1. The molecule has 0 saturated carbocycles. The Bertz CT molecular complexity index is 491. The van der Waals surface area contributed by atoms with Crippen molar-refractivity contribution < 1.29 is 4.74 Å². The van der Waals surface area contributed by atoms with Gasteiger partial charge in [-0.05, 0) is 0 Å². The predicted molar refractivity (Wildman–Crippen MR) is 62.6 cm³/mol. The minimum absolute atomic E-state index is 0.747. The molecule has 0 unspecified atom stereocenters. The van der Waals surface area contributed by atoms with Crippen LogP contribution in [0.5, 0.6) is 0 Å². The van der Waals surface area contributed by atoms with Crippen molar-refractivity contribution in [1.29, 1.82) is 0 Å². The lowest BCUT2D eigenvalue weighted by molar-refractivity contribution is 0.0384. The highest BCUT2D eigenvalue weighted by Crippen LogP contribution is 2.10. The van der Waals surface area contributed by atoms with Crippen LogP contribution in [-0.4, -0.2) is 57.7 Å². The first-order valence-corrected chi connectivity index (χ1v) is 5.86. The second-order valence-corrected chi connectivity index (χ2v) is 4.13. The van der Waals surface area contributed by atoms with Crippen LogP contribution in [0.25, 0.3) is 11.2 Å². The molecule has 0 aromatic carbocycles. The van der Waals surface area contributed by atoms with E-state index < -0.39 is 0 Å². The van der Waals surface area contributed by atoms with E-state index in [4.69, 9.17) is 4.74 Å². The SMILES string of the molecule is c1nc(CCN2CCOCC2)c2[nH]cnc2n1. The lowest BCUT2D eigenvalue weighted by Crippen LogP contribution is -2.37. The van der Waals surface area contributed by atoms with Crippen LogP contribution >= 0.6 is 0 Å². The van der Waals surface area contributed by atoms with Gasteiger partial charge >= 0.3 is 0 Å². The summed E-state index contributed by atoms with van der Waals surface area (Å²) in [5.74, 6) is 0. The molecule has 1 fully saturated rings. The topological polar surface area (TPSA) is 66.9 Å². The van der Waals surface area contributed by atoms with Gasteiger partial charge in [-0.25, -0.2) is 15.0 Å². The van der Waals surface area contributed by atoms with E-state index in [1.807, 2.05) is 0 Å². The Labute approximate surface area is 99.0 Å². The van der Waals surface area contributed by atoms with Gasteiger partial charge in [0, 0.05) is 26.1 Å². The van der Waals surface area contributed by atoms with Crippen LogP contribution in [0, 0.1) is 0 Å². The van der Waals surface area contributed by atoms with Crippen molar-refractivity contribution in [2.24, 2.45) is 0 Å².